The van der Waals surface area contributed by atoms with Gasteiger partial charge in [0.15, 0.2) is 17.3 Å². The maximum Gasteiger partial charge on any atom is 0.253 e. The van der Waals surface area contributed by atoms with Gasteiger partial charge in [0.1, 0.15) is 6.04 Å². The van der Waals surface area contributed by atoms with E-state index in [9.17, 15) is 4.79 Å². The van der Waals surface area contributed by atoms with Crippen LogP contribution in [0, 0.1) is 0 Å². The first kappa shape index (κ1) is 21.8. The number of benzene rings is 1. The van der Waals surface area contributed by atoms with Crippen molar-refractivity contribution in [1.29, 1.82) is 0 Å². The normalized spacial score (nSPS) is 19.2. The molecule has 1 saturated heterocycles. The maximum atomic E-state index is 13.4. The maximum absolute atomic E-state index is 13.4. The molecule has 1 N–H and O–H groups in total. The van der Waals surface area contributed by atoms with Crippen molar-refractivity contribution in [1.82, 2.24) is 35.0 Å². The zero-order chi connectivity index (χ0) is 22.9. The number of piperazine rings is 1. The van der Waals surface area contributed by atoms with Gasteiger partial charge in [0.05, 0.1) is 25.8 Å². The number of likely N-dealkylation sites (N-methyl/N-ethyl adjacent to an activating group) is 1. The molecule has 10 nitrogen and oxygen atoms in total. The van der Waals surface area contributed by atoms with Crippen molar-refractivity contribution < 1.29 is 9.47 Å². The van der Waals surface area contributed by atoms with Gasteiger partial charge in [-0.15, -0.1) is 5.10 Å². The average molecular weight is 454 g/mol. The van der Waals surface area contributed by atoms with E-state index in [2.05, 4.69) is 37.4 Å². The summed E-state index contributed by atoms with van der Waals surface area (Å²) in [4.78, 5) is 21.1. The monoisotopic (exact) mass is 453 g/mol. The fourth-order valence-electron chi connectivity index (χ4n) is 5.12. The predicted molar refractivity (Wildman–Crippen MR) is 124 cm³/mol. The van der Waals surface area contributed by atoms with E-state index >= 15 is 0 Å². The summed E-state index contributed by atoms with van der Waals surface area (Å²) >= 11 is 0. The first-order chi connectivity index (χ1) is 16.1. The van der Waals surface area contributed by atoms with Crippen LogP contribution in [-0.4, -0.2) is 82.4 Å². The molecule has 33 heavy (non-hydrogen) atoms. The Balaban J connectivity index is 1.64. The molecule has 1 saturated carbocycles. The molecule has 5 rings (SSSR count). The van der Waals surface area contributed by atoms with Crippen molar-refractivity contribution in [3.63, 3.8) is 0 Å². The molecule has 2 aromatic heterocycles. The number of tetrazole rings is 1. The smallest absolute Gasteiger partial charge is 0.253 e. The molecule has 176 valence electrons. The van der Waals surface area contributed by atoms with Gasteiger partial charge in [-0.2, -0.15) is 0 Å². The molecule has 0 bridgehead atoms. The van der Waals surface area contributed by atoms with Crippen molar-refractivity contribution in [3.05, 3.63) is 39.9 Å². The molecule has 0 spiro atoms. The topological polar surface area (TPSA) is 101 Å². The summed E-state index contributed by atoms with van der Waals surface area (Å²) in [7, 11) is 5.32. The van der Waals surface area contributed by atoms with Crippen LogP contribution in [-0.2, 0) is 0 Å². The lowest BCUT2D eigenvalue weighted by molar-refractivity contribution is 0.120. The number of nitrogens with one attached hydrogen (secondary N) is 1. The van der Waals surface area contributed by atoms with Crippen LogP contribution in [0.5, 0.6) is 11.5 Å². The summed E-state index contributed by atoms with van der Waals surface area (Å²) in [5, 5.41) is 13.7. The van der Waals surface area contributed by atoms with Gasteiger partial charge in [-0.25, -0.2) is 4.68 Å². The molecule has 0 radical (unpaired) electrons. The SMILES string of the molecule is COc1cc2cc([C@H](c3nnnn3C3CCCC3)N3CCN(C)CC3)c(=O)[nH]c2cc1OC. The number of ether oxygens (including phenoxy) is 2. The van der Waals surface area contributed by atoms with E-state index in [1.807, 2.05) is 16.8 Å². The number of aromatic nitrogens is 5. The van der Waals surface area contributed by atoms with E-state index in [1.165, 1.54) is 12.8 Å². The highest BCUT2D eigenvalue weighted by Crippen LogP contribution is 2.35. The molecule has 1 aromatic carbocycles. The van der Waals surface area contributed by atoms with Gasteiger partial charge in [0.25, 0.3) is 5.56 Å². The molecule has 1 aliphatic carbocycles. The summed E-state index contributed by atoms with van der Waals surface area (Å²) in [5.74, 6) is 1.95. The van der Waals surface area contributed by atoms with Gasteiger partial charge in [0, 0.05) is 43.2 Å². The third-order valence-corrected chi connectivity index (χ3v) is 7.01. The minimum atomic E-state index is -0.324. The standard InChI is InChI=1S/C23H31N7O3/c1-28-8-10-29(11-9-28)21(22-25-26-27-30(22)16-6-4-5-7-16)17-12-15-13-19(32-2)20(33-3)14-18(15)24-23(17)31/h12-14,16,21H,4-11H2,1-3H3,(H,24,31)/t21-/m1/s1. The highest BCUT2D eigenvalue weighted by Gasteiger charge is 2.34. The lowest BCUT2D eigenvalue weighted by Gasteiger charge is -2.37. The molecule has 3 heterocycles. The van der Waals surface area contributed by atoms with E-state index in [0.717, 1.165) is 50.2 Å². The minimum Gasteiger partial charge on any atom is -0.493 e. The molecule has 1 aliphatic heterocycles. The first-order valence-electron chi connectivity index (χ1n) is 11.6. The number of aromatic amines is 1. The molecule has 0 unspecified atom stereocenters. The van der Waals surface area contributed by atoms with Gasteiger partial charge >= 0.3 is 0 Å². The Hall–Kier alpha value is -2.98. The molecular formula is C23H31N7O3. The fraction of sp³-hybridized carbons (Fsp3) is 0.565. The van der Waals surface area contributed by atoms with E-state index in [0.29, 0.717) is 22.6 Å². The summed E-state index contributed by atoms with van der Waals surface area (Å²) in [6.45, 7) is 3.53. The number of H-pyrrole nitrogens is 1. The van der Waals surface area contributed by atoms with Gasteiger partial charge < -0.3 is 19.4 Å². The van der Waals surface area contributed by atoms with Crippen LogP contribution < -0.4 is 15.0 Å². The lowest BCUT2D eigenvalue weighted by atomic mass is 10.0. The van der Waals surface area contributed by atoms with Gasteiger partial charge in [0.2, 0.25) is 0 Å². The zero-order valence-electron chi connectivity index (χ0n) is 19.5. The number of pyridine rings is 1. The van der Waals surface area contributed by atoms with Crippen molar-refractivity contribution in [2.45, 2.75) is 37.8 Å². The van der Waals surface area contributed by atoms with Crippen molar-refractivity contribution in [2.24, 2.45) is 0 Å². The summed E-state index contributed by atoms with van der Waals surface area (Å²) in [6, 6.07) is 5.61. The van der Waals surface area contributed by atoms with E-state index in [4.69, 9.17) is 9.47 Å². The van der Waals surface area contributed by atoms with Gasteiger partial charge in [-0.05, 0) is 42.4 Å². The molecule has 2 fully saturated rings. The van der Waals surface area contributed by atoms with Crippen LogP contribution in [0.1, 0.15) is 49.2 Å². The summed E-state index contributed by atoms with van der Waals surface area (Å²) in [5.41, 5.74) is 1.21. The number of hydrogen-bond acceptors (Lipinski definition) is 8. The van der Waals surface area contributed by atoms with Crippen molar-refractivity contribution in [2.75, 3.05) is 47.4 Å². The number of hydrogen-bond donors (Lipinski definition) is 1. The molecule has 2 aliphatic rings. The molecule has 10 heteroatoms. The predicted octanol–water partition coefficient (Wildman–Crippen LogP) is 1.98. The Morgan fingerprint density at radius 1 is 1.03 bits per heavy atom. The lowest BCUT2D eigenvalue weighted by Crippen LogP contribution is -2.47. The number of nitrogens with zero attached hydrogens (tertiary/aromatic N) is 6. The van der Waals surface area contributed by atoms with E-state index in [1.54, 1.807) is 20.3 Å². The quantitative estimate of drug-likeness (QED) is 0.605. The molecule has 0 amide bonds. The van der Waals surface area contributed by atoms with Crippen LogP contribution in [0.15, 0.2) is 23.0 Å². The van der Waals surface area contributed by atoms with E-state index in [-0.39, 0.29) is 17.6 Å². The van der Waals surface area contributed by atoms with Crippen LogP contribution >= 0.6 is 0 Å². The van der Waals surface area contributed by atoms with Crippen LogP contribution in [0.2, 0.25) is 0 Å². The second kappa shape index (κ2) is 9.11. The molecule has 1 atom stereocenters. The van der Waals surface area contributed by atoms with Gasteiger partial charge in [-0.3, -0.25) is 9.69 Å². The summed E-state index contributed by atoms with van der Waals surface area (Å²) < 4.78 is 12.9. The Labute approximate surface area is 192 Å². The highest BCUT2D eigenvalue weighted by molar-refractivity contribution is 5.83. The van der Waals surface area contributed by atoms with Gasteiger partial charge in [-0.1, -0.05) is 12.8 Å². The summed E-state index contributed by atoms with van der Waals surface area (Å²) in [6.07, 6.45) is 4.50. The number of fused-ring (bicyclic) bond motifs is 1. The van der Waals surface area contributed by atoms with Crippen molar-refractivity contribution >= 4 is 10.9 Å². The average Bonchev–Trinajstić information content (AvgIpc) is 3.52. The largest absolute Gasteiger partial charge is 0.493 e. The van der Waals surface area contributed by atoms with Crippen LogP contribution in [0.3, 0.4) is 0 Å². The Morgan fingerprint density at radius 2 is 1.73 bits per heavy atom. The zero-order valence-corrected chi connectivity index (χ0v) is 19.5. The Morgan fingerprint density at radius 3 is 2.42 bits per heavy atom. The second-order valence-corrected chi connectivity index (χ2v) is 9.01. The van der Waals surface area contributed by atoms with Crippen LogP contribution in [0.25, 0.3) is 10.9 Å². The third-order valence-electron chi connectivity index (χ3n) is 7.01. The Kier molecular flexibility index (Phi) is 6.03. The van der Waals surface area contributed by atoms with E-state index < -0.39 is 0 Å². The van der Waals surface area contributed by atoms with Crippen molar-refractivity contribution in [3.8, 4) is 11.5 Å². The second-order valence-electron chi connectivity index (χ2n) is 9.01. The fourth-order valence-corrected chi connectivity index (χ4v) is 5.12. The first-order valence-corrected chi connectivity index (χ1v) is 11.6. The minimum absolute atomic E-state index is 0.139. The number of rotatable bonds is 6. The number of methoxy groups -OCH3 is 2. The van der Waals surface area contributed by atoms with Crippen LogP contribution in [0.4, 0.5) is 0 Å². The third kappa shape index (κ3) is 4.08. The highest BCUT2D eigenvalue weighted by atomic mass is 16.5. The Bertz CT molecular complexity index is 1180. The molecular weight excluding hydrogens is 422 g/mol. The molecule has 3 aromatic rings.